The van der Waals surface area contributed by atoms with Crippen LogP contribution in [0.15, 0.2) is 78.9 Å². The smallest absolute Gasteiger partial charge is 0.144 e. The highest BCUT2D eigenvalue weighted by Gasteiger charge is 2.39. The second kappa shape index (κ2) is 9.59. The van der Waals surface area contributed by atoms with Crippen LogP contribution in [0.1, 0.15) is 30.0 Å². The van der Waals surface area contributed by atoms with E-state index in [1.807, 2.05) is 73.7 Å². The summed E-state index contributed by atoms with van der Waals surface area (Å²) in [5.41, 5.74) is 2.02. The summed E-state index contributed by atoms with van der Waals surface area (Å²) in [6.07, 6.45) is 0.372. The number of ether oxygens (including phenoxy) is 3. The predicted octanol–water partition coefficient (Wildman–Crippen LogP) is 4.78. The predicted molar refractivity (Wildman–Crippen MR) is 115 cm³/mol. The Hall–Kier alpha value is -2.82. The van der Waals surface area contributed by atoms with Gasteiger partial charge in [0, 0.05) is 0 Å². The van der Waals surface area contributed by atoms with Gasteiger partial charge in [-0.25, -0.2) is 0 Å². The number of methoxy groups -OCH3 is 2. The molecule has 1 unspecified atom stereocenters. The molecule has 0 spiro atoms. The molecule has 0 radical (unpaired) electrons. The largest absolute Gasteiger partial charge is 0.497 e. The highest BCUT2D eigenvalue weighted by molar-refractivity contribution is 5.49. The molecule has 0 saturated carbocycles. The van der Waals surface area contributed by atoms with Crippen LogP contribution in [0.3, 0.4) is 0 Å². The molecule has 152 valence electrons. The normalized spacial score (nSPS) is 12.4. The lowest BCUT2D eigenvalue weighted by molar-refractivity contribution is -0.0707. The fraction of sp³-hybridized carbons (Fsp3) is 0.280. The molecule has 0 aliphatic carbocycles. The van der Waals surface area contributed by atoms with Crippen molar-refractivity contribution in [3.8, 4) is 11.5 Å². The fourth-order valence-electron chi connectivity index (χ4n) is 3.53. The first-order valence-corrected chi connectivity index (χ1v) is 9.81. The zero-order chi connectivity index (χ0) is 20.7. The molecule has 1 atom stereocenters. The average molecular weight is 392 g/mol. The van der Waals surface area contributed by atoms with Gasteiger partial charge in [-0.2, -0.15) is 0 Å². The third-order valence-corrected chi connectivity index (χ3v) is 5.18. The summed E-state index contributed by atoms with van der Waals surface area (Å²) in [4.78, 5) is 0. The Bertz CT molecular complexity index is 821. The van der Waals surface area contributed by atoms with Crippen molar-refractivity contribution in [1.82, 2.24) is 0 Å². The maximum absolute atomic E-state index is 9.93. The zero-order valence-corrected chi connectivity index (χ0v) is 17.2. The summed E-state index contributed by atoms with van der Waals surface area (Å²) in [5, 5.41) is 9.93. The third-order valence-electron chi connectivity index (χ3n) is 5.18. The molecule has 0 saturated heterocycles. The molecule has 0 heterocycles. The second-order valence-electron chi connectivity index (χ2n) is 6.83. The highest BCUT2D eigenvalue weighted by Crippen LogP contribution is 2.42. The van der Waals surface area contributed by atoms with E-state index in [-0.39, 0.29) is 12.7 Å². The minimum atomic E-state index is -0.886. The maximum Gasteiger partial charge on any atom is 0.144 e. The van der Waals surface area contributed by atoms with E-state index >= 15 is 0 Å². The average Bonchev–Trinajstić information content (AvgIpc) is 2.81. The number of hydrogen-bond acceptors (Lipinski definition) is 4. The van der Waals surface area contributed by atoms with Gasteiger partial charge in [-0.15, -0.1) is 0 Å². The first kappa shape index (κ1) is 20.9. The van der Waals surface area contributed by atoms with Crippen LogP contribution in [0.2, 0.25) is 0 Å². The topological polar surface area (TPSA) is 47.9 Å². The lowest BCUT2D eigenvalue weighted by Crippen LogP contribution is -2.38. The van der Waals surface area contributed by atoms with Gasteiger partial charge in [-0.3, -0.25) is 0 Å². The van der Waals surface area contributed by atoms with Gasteiger partial charge in [0.25, 0.3) is 0 Å². The Balaban J connectivity index is 2.27. The van der Waals surface area contributed by atoms with Gasteiger partial charge < -0.3 is 19.3 Å². The van der Waals surface area contributed by atoms with E-state index in [2.05, 4.69) is 12.1 Å². The Morgan fingerprint density at radius 3 is 1.55 bits per heavy atom. The number of hydrogen-bond donors (Lipinski definition) is 1. The summed E-state index contributed by atoms with van der Waals surface area (Å²) in [5.74, 6) is 1.55. The van der Waals surface area contributed by atoms with Crippen molar-refractivity contribution >= 4 is 0 Å². The molecular formula is C25H28O4. The molecule has 3 aromatic rings. The van der Waals surface area contributed by atoms with Gasteiger partial charge in [-0.05, 0) is 47.4 Å². The number of rotatable bonds is 9. The Morgan fingerprint density at radius 2 is 1.17 bits per heavy atom. The highest BCUT2D eigenvalue weighted by atomic mass is 16.5. The molecule has 0 fully saturated rings. The molecule has 0 amide bonds. The maximum atomic E-state index is 9.93. The quantitative estimate of drug-likeness (QED) is 0.532. The lowest BCUT2D eigenvalue weighted by Gasteiger charge is -2.38. The molecule has 0 bridgehead atoms. The van der Waals surface area contributed by atoms with Crippen molar-refractivity contribution in [2.75, 3.05) is 20.8 Å². The molecule has 3 rings (SSSR count). The van der Waals surface area contributed by atoms with Crippen molar-refractivity contribution < 1.29 is 19.3 Å². The van der Waals surface area contributed by atoms with E-state index in [0.717, 1.165) is 28.2 Å². The van der Waals surface area contributed by atoms with Crippen molar-refractivity contribution in [3.63, 3.8) is 0 Å². The minimum absolute atomic E-state index is 0.0581. The Labute approximate surface area is 172 Å². The van der Waals surface area contributed by atoms with Gasteiger partial charge in [0.05, 0.1) is 26.9 Å². The summed E-state index contributed by atoms with van der Waals surface area (Å²) in [6, 6.07) is 25.9. The monoisotopic (exact) mass is 392 g/mol. The number of benzene rings is 3. The fourth-order valence-corrected chi connectivity index (χ4v) is 3.53. The van der Waals surface area contributed by atoms with Crippen LogP contribution < -0.4 is 9.47 Å². The van der Waals surface area contributed by atoms with Gasteiger partial charge in [0.1, 0.15) is 17.1 Å². The van der Waals surface area contributed by atoms with E-state index in [1.54, 1.807) is 14.2 Å². The number of aliphatic hydroxyl groups excluding tert-OH is 1. The van der Waals surface area contributed by atoms with Gasteiger partial charge in [0.2, 0.25) is 0 Å². The molecule has 0 aromatic heterocycles. The van der Waals surface area contributed by atoms with Crippen LogP contribution in [0.25, 0.3) is 0 Å². The standard InChI is InChI=1S/C25H28O4/c1-4-22(18-26)29-25(19-8-6-5-7-9-19,20-10-14-23(27-2)15-11-20)21-12-16-24(28-3)17-13-21/h5-17,22,26H,4,18H2,1-3H3. The molecular weight excluding hydrogens is 364 g/mol. The minimum Gasteiger partial charge on any atom is -0.497 e. The van der Waals surface area contributed by atoms with Crippen LogP contribution in [0.4, 0.5) is 0 Å². The van der Waals surface area contributed by atoms with Gasteiger partial charge in [0.15, 0.2) is 0 Å². The van der Waals surface area contributed by atoms with E-state index in [4.69, 9.17) is 14.2 Å². The van der Waals surface area contributed by atoms with E-state index in [9.17, 15) is 5.11 Å². The summed E-state index contributed by atoms with van der Waals surface area (Å²) >= 11 is 0. The molecule has 1 N–H and O–H groups in total. The first-order valence-electron chi connectivity index (χ1n) is 9.81. The molecule has 4 heteroatoms. The van der Waals surface area contributed by atoms with Crippen LogP contribution in [0, 0.1) is 0 Å². The molecule has 29 heavy (non-hydrogen) atoms. The molecule has 0 aliphatic rings. The van der Waals surface area contributed by atoms with Gasteiger partial charge in [-0.1, -0.05) is 61.5 Å². The summed E-state index contributed by atoms with van der Waals surface area (Å²) in [6.45, 7) is 1.95. The van der Waals surface area contributed by atoms with Crippen molar-refractivity contribution in [3.05, 3.63) is 95.6 Å². The van der Waals surface area contributed by atoms with Crippen LogP contribution >= 0.6 is 0 Å². The SMILES string of the molecule is CCC(CO)OC(c1ccccc1)(c1ccc(OC)cc1)c1ccc(OC)cc1. The Morgan fingerprint density at radius 1 is 0.724 bits per heavy atom. The third kappa shape index (κ3) is 4.29. The van der Waals surface area contributed by atoms with E-state index < -0.39 is 5.60 Å². The van der Waals surface area contributed by atoms with E-state index in [1.165, 1.54) is 0 Å². The number of aliphatic hydroxyl groups is 1. The van der Waals surface area contributed by atoms with Crippen LogP contribution in [-0.4, -0.2) is 32.0 Å². The van der Waals surface area contributed by atoms with Crippen molar-refractivity contribution in [2.24, 2.45) is 0 Å². The first-order chi connectivity index (χ1) is 14.2. The van der Waals surface area contributed by atoms with Crippen molar-refractivity contribution in [2.45, 2.75) is 25.0 Å². The lowest BCUT2D eigenvalue weighted by atomic mass is 9.79. The summed E-state index contributed by atoms with van der Waals surface area (Å²) < 4.78 is 17.4. The second-order valence-corrected chi connectivity index (χ2v) is 6.83. The molecule has 3 aromatic carbocycles. The van der Waals surface area contributed by atoms with E-state index in [0.29, 0.717) is 6.42 Å². The van der Waals surface area contributed by atoms with Crippen LogP contribution in [-0.2, 0) is 10.3 Å². The molecule has 4 nitrogen and oxygen atoms in total. The van der Waals surface area contributed by atoms with Crippen molar-refractivity contribution in [1.29, 1.82) is 0 Å². The van der Waals surface area contributed by atoms with Crippen LogP contribution in [0.5, 0.6) is 11.5 Å². The summed E-state index contributed by atoms with van der Waals surface area (Å²) in [7, 11) is 3.30. The molecule has 0 aliphatic heterocycles. The zero-order valence-electron chi connectivity index (χ0n) is 17.2. The Kier molecular flexibility index (Phi) is 6.91. The van der Waals surface area contributed by atoms with Gasteiger partial charge >= 0.3 is 0 Å².